The number of phenolic OH excluding ortho intramolecular Hbond substituents is 2. The molecule has 0 saturated carbocycles. The van der Waals surface area contributed by atoms with Crippen LogP contribution < -0.4 is 5.32 Å². The molecule has 0 aliphatic heterocycles. The van der Waals surface area contributed by atoms with Gasteiger partial charge >= 0.3 is 0 Å². The van der Waals surface area contributed by atoms with Gasteiger partial charge in [-0.3, -0.25) is 4.79 Å². The van der Waals surface area contributed by atoms with Crippen LogP contribution in [0, 0.1) is 0 Å². The van der Waals surface area contributed by atoms with Crippen molar-refractivity contribution in [1.82, 2.24) is 5.32 Å². The van der Waals surface area contributed by atoms with Crippen LogP contribution in [-0.2, 0) is 6.42 Å². The highest BCUT2D eigenvalue weighted by Gasteiger charge is 2.06. The fourth-order valence-electron chi connectivity index (χ4n) is 2.63. The SMILES string of the molecule is O=C(NCCc1cccc(O)c1)c1ccc(-c2cccc(O)c2)cc1. The Bertz CT molecular complexity index is 872. The number of carbonyl (C=O) groups excluding carboxylic acids is 1. The summed E-state index contributed by atoms with van der Waals surface area (Å²) in [5.74, 6) is 0.306. The Hall–Kier alpha value is -3.27. The molecule has 3 aromatic carbocycles. The Labute approximate surface area is 146 Å². The molecule has 1 amide bonds. The van der Waals surface area contributed by atoms with Crippen molar-refractivity contribution in [3.8, 4) is 22.6 Å². The van der Waals surface area contributed by atoms with Gasteiger partial charge in [-0.2, -0.15) is 0 Å². The van der Waals surface area contributed by atoms with Gasteiger partial charge in [0.1, 0.15) is 11.5 Å². The molecule has 25 heavy (non-hydrogen) atoms. The van der Waals surface area contributed by atoms with Crippen molar-refractivity contribution in [3.05, 3.63) is 83.9 Å². The third kappa shape index (κ3) is 4.38. The fourth-order valence-corrected chi connectivity index (χ4v) is 2.63. The molecule has 0 aliphatic rings. The number of hydrogen-bond donors (Lipinski definition) is 3. The first-order valence-electron chi connectivity index (χ1n) is 8.07. The summed E-state index contributed by atoms with van der Waals surface area (Å²) in [6, 6.07) is 21.3. The van der Waals surface area contributed by atoms with Crippen LogP contribution in [-0.4, -0.2) is 22.7 Å². The molecule has 0 heterocycles. The van der Waals surface area contributed by atoms with E-state index in [4.69, 9.17) is 0 Å². The van der Waals surface area contributed by atoms with Crippen LogP contribution in [0.15, 0.2) is 72.8 Å². The molecule has 0 fully saturated rings. The van der Waals surface area contributed by atoms with E-state index in [0.717, 1.165) is 16.7 Å². The highest BCUT2D eigenvalue weighted by molar-refractivity contribution is 5.94. The van der Waals surface area contributed by atoms with Crippen molar-refractivity contribution in [2.24, 2.45) is 0 Å². The smallest absolute Gasteiger partial charge is 0.251 e. The van der Waals surface area contributed by atoms with Gasteiger partial charge in [0.05, 0.1) is 0 Å². The molecule has 126 valence electrons. The maximum absolute atomic E-state index is 12.2. The molecule has 0 saturated heterocycles. The Kier molecular flexibility index (Phi) is 5.00. The summed E-state index contributed by atoms with van der Waals surface area (Å²) < 4.78 is 0. The van der Waals surface area contributed by atoms with Crippen LogP contribution in [0.25, 0.3) is 11.1 Å². The largest absolute Gasteiger partial charge is 0.508 e. The molecule has 0 radical (unpaired) electrons. The van der Waals surface area contributed by atoms with Crippen LogP contribution in [0.4, 0.5) is 0 Å². The number of rotatable bonds is 5. The van der Waals surface area contributed by atoms with Crippen LogP contribution in [0.3, 0.4) is 0 Å². The average molecular weight is 333 g/mol. The lowest BCUT2D eigenvalue weighted by atomic mass is 10.0. The minimum absolute atomic E-state index is 0.136. The zero-order valence-electron chi connectivity index (χ0n) is 13.6. The number of nitrogens with one attached hydrogen (secondary N) is 1. The van der Waals surface area contributed by atoms with Crippen molar-refractivity contribution < 1.29 is 15.0 Å². The topological polar surface area (TPSA) is 69.6 Å². The molecule has 0 spiro atoms. The molecule has 0 aliphatic carbocycles. The summed E-state index contributed by atoms with van der Waals surface area (Å²) >= 11 is 0. The van der Waals surface area contributed by atoms with Crippen molar-refractivity contribution in [2.45, 2.75) is 6.42 Å². The summed E-state index contributed by atoms with van der Waals surface area (Å²) in [5, 5.41) is 21.9. The quantitative estimate of drug-likeness (QED) is 0.666. The standard InChI is InChI=1S/C21H19NO3/c23-19-5-1-3-15(13-19)11-12-22-21(25)17-9-7-16(8-10-17)18-4-2-6-20(24)14-18/h1-10,13-14,23-24H,11-12H2,(H,22,25). The first-order chi connectivity index (χ1) is 12.1. The van der Waals surface area contributed by atoms with Gasteiger partial charge in [-0.1, -0.05) is 36.4 Å². The van der Waals surface area contributed by atoms with E-state index < -0.39 is 0 Å². The molecule has 3 rings (SSSR count). The third-order valence-electron chi connectivity index (χ3n) is 3.94. The average Bonchev–Trinajstić information content (AvgIpc) is 2.62. The second kappa shape index (κ2) is 7.53. The lowest BCUT2D eigenvalue weighted by Crippen LogP contribution is -2.25. The lowest BCUT2D eigenvalue weighted by molar-refractivity contribution is 0.0954. The monoisotopic (exact) mass is 333 g/mol. The number of aromatic hydroxyl groups is 2. The third-order valence-corrected chi connectivity index (χ3v) is 3.94. The van der Waals surface area contributed by atoms with Gasteiger partial charge in [-0.05, 0) is 59.5 Å². The number of benzene rings is 3. The van der Waals surface area contributed by atoms with Crippen LogP contribution >= 0.6 is 0 Å². The zero-order chi connectivity index (χ0) is 17.6. The number of amides is 1. The minimum Gasteiger partial charge on any atom is -0.508 e. The Morgan fingerprint density at radius 3 is 2.16 bits per heavy atom. The Morgan fingerprint density at radius 2 is 1.48 bits per heavy atom. The number of phenols is 2. The summed E-state index contributed by atoms with van der Waals surface area (Å²) in [7, 11) is 0. The maximum Gasteiger partial charge on any atom is 0.251 e. The predicted molar refractivity (Wildman–Crippen MR) is 97.7 cm³/mol. The first kappa shape index (κ1) is 16.6. The van der Waals surface area contributed by atoms with Crippen molar-refractivity contribution in [1.29, 1.82) is 0 Å². The normalized spacial score (nSPS) is 10.4. The molecule has 4 heteroatoms. The van der Waals surface area contributed by atoms with Crippen molar-refractivity contribution in [2.75, 3.05) is 6.54 Å². The van der Waals surface area contributed by atoms with Crippen LogP contribution in [0.2, 0.25) is 0 Å². The van der Waals surface area contributed by atoms with Crippen LogP contribution in [0.1, 0.15) is 15.9 Å². The van der Waals surface area contributed by atoms with E-state index in [0.29, 0.717) is 18.5 Å². The van der Waals surface area contributed by atoms with E-state index in [-0.39, 0.29) is 17.4 Å². The highest BCUT2D eigenvalue weighted by Crippen LogP contribution is 2.23. The van der Waals surface area contributed by atoms with E-state index in [1.165, 1.54) is 0 Å². The molecule has 0 bridgehead atoms. The molecule has 0 atom stereocenters. The Balaban J connectivity index is 1.59. The van der Waals surface area contributed by atoms with E-state index >= 15 is 0 Å². The molecular formula is C21H19NO3. The highest BCUT2D eigenvalue weighted by atomic mass is 16.3. The number of carbonyl (C=O) groups is 1. The predicted octanol–water partition coefficient (Wildman–Crippen LogP) is 3.74. The molecule has 0 unspecified atom stereocenters. The second-order valence-electron chi connectivity index (χ2n) is 5.80. The molecule has 3 N–H and O–H groups in total. The summed E-state index contributed by atoms with van der Waals surface area (Å²) in [6.07, 6.45) is 0.654. The van der Waals surface area contributed by atoms with Gasteiger partial charge in [0.15, 0.2) is 0 Å². The lowest BCUT2D eigenvalue weighted by Gasteiger charge is -2.07. The molecule has 3 aromatic rings. The van der Waals surface area contributed by atoms with Gasteiger partial charge < -0.3 is 15.5 Å². The summed E-state index contributed by atoms with van der Waals surface area (Å²) in [4.78, 5) is 12.2. The van der Waals surface area contributed by atoms with Gasteiger partial charge in [0.2, 0.25) is 0 Å². The van der Waals surface area contributed by atoms with E-state index in [1.54, 1.807) is 48.5 Å². The first-order valence-corrected chi connectivity index (χ1v) is 8.07. The molecule has 4 nitrogen and oxygen atoms in total. The van der Waals surface area contributed by atoms with E-state index in [2.05, 4.69) is 5.32 Å². The molecule has 0 aromatic heterocycles. The second-order valence-corrected chi connectivity index (χ2v) is 5.80. The molecular weight excluding hydrogens is 314 g/mol. The Morgan fingerprint density at radius 1 is 0.800 bits per heavy atom. The van der Waals surface area contributed by atoms with E-state index in [1.807, 2.05) is 24.3 Å². The minimum atomic E-state index is -0.136. The van der Waals surface area contributed by atoms with Crippen LogP contribution in [0.5, 0.6) is 11.5 Å². The van der Waals surface area contributed by atoms with Gasteiger partial charge in [0.25, 0.3) is 5.91 Å². The van der Waals surface area contributed by atoms with Crippen molar-refractivity contribution >= 4 is 5.91 Å². The van der Waals surface area contributed by atoms with Crippen molar-refractivity contribution in [3.63, 3.8) is 0 Å². The number of hydrogen-bond acceptors (Lipinski definition) is 3. The van der Waals surface area contributed by atoms with E-state index in [9.17, 15) is 15.0 Å². The van der Waals surface area contributed by atoms with Gasteiger partial charge in [0, 0.05) is 12.1 Å². The summed E-state index contributed by atoms with van der Waals surface area (Å²) in [6.45, 7) is 0.497. The maximum atomic E-state index is 12.2. The van der Waals surface area contributed by atoms with Gasteiger partial charge in [-0.15, -0.1) is 0 Å². The van der Waals surface area contributed by atoms with Gasteiger partial charge in [-0.25, -0.2) is 0 Å². The fraction of sp³-hybridized carbons (Fsp3) is 0.0952. The summed E-state index contributed by atoms with van der Waals surface area (Å²) in [5.41, 5.74) is 3.39. The zero-order valence-corrected chi connectivity index (χ0v) is 13.6.